The van der Waals surface area contributed by atoms with E-state index in [1.54, 1.807) is 4.90 Å². The standard InChI is InChI=1S/C22H28BrN3O3/c23-19-7-8-21(29-17-22(27)25-20-5-2-1-3-6-20)18(15-19)16-24-9-4-10-26-11-13-28-14-12-26/h1-3,5-8,15,24H,4,9-14,16-17H2,(H,25,27)/p+2. The van der Waals surface area contributed by atoms with Gasteiger partial charge in [-0.2, -0.15) is 0 Å². The molecular weight excluding hydrogens is 434 g/mol. The number of benzene rings is 2. The molecule has 1 amide bonds. The number of hydrogen-bond acceptors (Lipinski definition) is 3. The molecule has 2 aromatic rings. The molecule has 1 aliphatic heterocycles. The smallest absolute Gasteiger partial charge is 0.262 e. The van der Waals surface area contributed by atoms with Gasteiger partial charge in [-0.05, 0) is 30.3 Å². The van der Waals surface area contributed by atoms with Gasteiger partial charge in [-0.3, -0.25) is 4.79 Å². The van der Waals surface area contributed by atoms with E-state index >= 15 is 0 Å². The number of quaternary nitrogens is 2. The van der Waals surface area contributed by atoms with Crippen LogP contribution < -0.4 is 20.3 Å². The molecule has 0 bridgehead atoms. The van der Waals surface area contributed by atoms with Crippen LogP contribution in [0.2, 0.25) is 0 Å². The summed E-state index contributed by atoms with van der Waals surface area (Å²) in [6.07, 6.45) is 1.18. The van der Waals surface area contributed by atoms with Crippen LogP contribution in [0.4, 0.5) is 5.69 Å². The van der Waals surface area contributed by atoms with Gasteiger partial charge in [0.2, 0.25) is 0 Å². The van der Waals surface area contributed by atoms with Crippen LogP contribution in [0.3, 0.4) is 0 Å². The number of anilines is 1. The molecule has 29 heavy (non-hydrogen) atoms. The minimum Gasteiger partial charge on any atom is -0.483 e. The van der Waals surface area contributed by atoms with Crippen molar-refractivity contribution < 1.29 is 24.5 Å². The third-order valence-corrected chi connectivity index (χ3v) is 5.43. The van der Waals surface area contributed by atoms with Crippen LogP contribution in [-0.2, 0) is 16.1 Å². The van der Waals surface area contributed by atoms with Crippen LogP contribution in [0.1, 0.15) is 12.0 Å². The van der Waals surface area contributed by atoms with Gasteiger partial charge in [0.25, 0.3) is 5.91 Å². The van der Waals surface area contributed by atoms with E-state index in [9.17, 15) is 4.79 Å². The maximum absolute atomic E-state index is 12.1. The van der Waals surface area contributed by atoms with Gasteiger partial charge in [0, 0.05) is 22.1 Å². The zero-order chi connectivity index (χ0) is 20.3. The number of nitrogens with one attached hydrogen (secondary N) is 2. The number of hydrogen-bond donors (Lipinski definition) is 3. The van der Waals surface area contributed by atoms with Gasteiger partial charge < -0.3 is 25.0 Å². The van der Waals surface area contributed by atoms with Gasteiger partial charge in [-0.1, -0.05) is 34.1 Å². The van der Waals surface area contributed by atoms with Gasteiger partial charge in [0.15, 0.2) is 6.61 Å². The molecule has 6 nitrogen and oxygen atoms in total. The summed E-state index contributed by atoms with van der Waals surface area (Å²) in [7, 11) is 0. The number of carbonyl (C=O) groups is 1. The molecule has 156 valence electrons. The molecule has 3 rings (SSSR count). The summed E-state index contributed by atoms with van der Waals surface area (Å²) in [6, 6.07) is 15.3. The van der Waals surface area contributed by atoms with Crippen molar-refractivity contribution in [2.24, 2.45) is 0 Å². The van der Waals surface area contributed by atoms with Crippen LogP contribution >= 0.6 is 15.9 Å². The number of halogens is 1. The SMILES string of the molecule is O=C(COc1ccc(Br)cc1C[NH2+]CCC[NH+]1CCOCC1)Nc1ccccc1. The molecule has 4 N–H and O–H groups in total. The molecule has 0 radical (unpaired) electrons. The summed E-state index contributed by atoms with van der Waals surface area (Å²) in [5, 5.41) is 5.15. The zero-order valence-electron chi connectivity index (χ0n) is 16.7. The third kappa shape index (κ3) is 7.78. The Morgan fingerprint density at radius 3 is 2.76 bits per heavy atom. The average Bonchev–Trinajstić information content (AvgIpc) is 2.74. The van der Waals surface area contributed by atoms with E-state index in [-0.39, 0.29) is 12.5 Å². The number of nitrogens with two attached hydrogens (primary N) is 1. The summed E-state index contributed by atoms with van der Waals surface area (Å²) in [6.45, 7) is 7.10. The van der Waals surface area contributed by atoms with Crippen LogP contribution in [0.15, 0.2) is 53.0 Å². The van der Waals surface area contributed by atoms with Gasteiger partial charge >= 0.3 is 0 Å². The lowest BCUT2D eigenvalue weighted by Gasteiger charge is -2.23. The van der Waals surface area contributed by atoms with Crippen molar-refractivity contribution >= 4 is 27.5 Å². The molecule has 0 saturated carbocycles. The van der Waals surface area contributed by atoms with Crippen molar-refractivity contribution in [3.63, 3.8) is 0 Å². The van der Waals surface area contributed by atoms with Crippen molar-refractivity contribution in [3.05, 3.63) is 58.6 Å². The van der Waals surface area contributed by atoms with Crippen LogP contribution in [0.5, 0.6) is 5.75 Å². The van der Waals surface area contributed by atoms with Crippen molar-refractivity contribution in [1.29, 1.82) is 0 Å². The Bertz CT molecular complexity index is 767. The minimum atomic E-state index is -0.164. The molecular formula is C22H30BrN3O3+2. The first-order chi connectivity index (χ1) is 14.2. The number of morpholine rings is 1. The van der Waals surface area contributed by atoms with E-state index in [1.807, 2.05) is 42.5 Å². The predicted octanol–water partition coefficient (Wildman–Crippen LogP) is 0.835. The summed E-state index contributed by atoms with van der Waals surface area (Å²) in [5.41, 5.74) is 1.86. The van der Waals surface area contributed by atoms with E-state index in [1.165, 1.54) is 13.0 Å². The van der Waals surface area contributed by atoms with Gasteiger partial charge in [0.05, 0.1) is 26.3 Å². The van der Waals surface area contributed by atoms with E-state index in [4.69, 9.17) is 9.47 Å². The van der Waals surface area contributed by atoms with Crippen molar-refractivity contribution in [2.45, 2.75) is 13.0 Å². The molecule has 0 atom stereocenters. The zero-order valence-corrected chi connectivity index (χ0v) is 18.2. The first kappa shape index (κ1) is 21.8. The topological polar surface area (TPSA) is 68.6 Å². The fraction of sp³-hybridized carbons (Fsp3) is 0.409. The van der Waals surface area contributed by atoms with Crippen molar-refractivity contribution in [1.82, 2.24) is 0 Å². The van der Waals surface area contributed by atoms with E-state index in [0.29, 0.717) is 0 Å². The number of rotatable bonds is 10. The summed E-state index contributed by atoms with van der Waals surface area (Å²) < 4.78 is 12.2. The molecule has 1 heterocycles. The fourth-order valence-electron chi connectivity index (χ4n) is 3.37. The fourth-order valence-corrected chi connectivity index (χ4v) is 3.78. The van der Waals surface area contributed by atoms with Crippen molar-refractivity contribution in [3.8, 4) is 5.75 Å². The predicted molar refractivity (Wildman–Crippen MR) is 116 cm³/mol. The number of ether oxygens (including phenoxy) is 2. The number of amides is 1. The van der Waals surface area contributed by atoms with Crippen LogP contribution in [-0.4, -0.2) is 51.9 Å². The number of carbonyl (C=O) groups excluding carboxylic acids is 1. The molecule has 1 aliphatic rings. The lowest BCUT2D eigenvalue weighted by Crippen LogP contribution is -3.14. The van der Waals surface area contributed by atoms with Crippen LogP contribution in [0.25, 0.3) is 0 Å². The second-order valence-corrected chi connectivity index (χ2v) is 8.12. The van der Waals surface area contributed by atoms with Gasteiger partial charge in [-0.25, -0.2) is 0 Å². The molecule has 1 fully saturated rings. The first-order valence-electron chi connectivity index (χ1n) is 10.2. The molecule has 1 saturated heterocycles. The van der Waals surface area contributed by atoms with Crippen LogP contribution in [0, 0.1) is 0 Å². The highest BCUT2D eigenvalue weighted by atomic mass is 79.9. The summed E-state index contributed by atoms with van der Waals surface area (Å²) in [4.78, 5) is 13.8. The van der Waals surface area contributed by atoms with E-state index in [0.717, 1.165) is 60.9 Å². The third-order valence-electron chi connectivity index (χ3n) is 4.94. The highest BCUT2D eigenvalue weighted by Gasteiger charge is 2.14. The highest BCUT2D eigenvalue weighted by Crippen LogP contribution is 2.22. The van der Waals surface area contributed by atoms with E-state index in [2.05, 4.69) is 32.6 Å². The maximum atomic E-state index is 12.1. The Morgan fingerprint density at radius 1 is 1.17 bits per heavy atom. The monoisotopic (exact) mass is 463 g/mol. The molecule has 0 unspecified atom stereocenters. The second kappa shape index (κ2) is 11.9. The maximum Gasteiger partial charge on any atom is 0.262 e. The average molecular weight is 464 g/mol. The number of para-hydroxylation sites is 1. The second-order valence-electron chi connectivity index (χ2n) is 7.20. The Labute approximate surface area is 180 Å². The lowest BCUT2D eigenvalue weighted by molar-refractivity contribution is -0.909. The molecule has 0 spiro atoms. The molecule has 2 aromatic carbocycles. The minimum absolute atomic E-state index is 0.0100. The summed E-state index contributed by atoms with van der Waals surface area (Å²) in [5.74, 6) is 0.592. The Kier molecular flexibility index (Phi) is 8.95. The van der Waals surface area contributed by atoms with Gasteiger partial charge in [-0.15, -0.1) is 0 Å². The molecule has 0 aliphatic carbocycles. The van der Waals surface area contributed by atoms with Crippen molar-refractivity contribution in [2.75, 3.05) is 51.3 Å². The van der Waals surface area contributed by atoms with Gasteiger partial charge in [0.1, 0.15) is 25.4 Å². The lowest BCUT2D eigenvalue weighted by atomic mass is 10.2. The Morgan fingerprint density at radius 2 is 1.97 bits per heavy atom. The Hall–Kier alpha value is -1.93. The summed E-state index contributed by atoms with van der Waals surface area (Å²) >= 11 is 3.53. The molecule has 7 heteroatoms. The molecule has 0 aromatic heterocycles. The Balaban J connectivity index is 1.42. The largest absolute Gasteiger partial charge is 0.483 e. The first-order valence-corrected chi connectivity index (χ1v) is 11.0. The normalized spacial score (nSPS) is 14.5. The van der Waals surface area contributed by atoms with E-state index < -0.39 is 0 Å². The highest BCUT2D eigenvalue weighted by molar-refractivity contribution is 9.10. The quantitative estimate of drug-likeness (QED) is 0.457.